The van der Waals surface area contributed by atoms with Gasteiger partial charge in [0.1, 0.15) is 0 Å². The van der Waals surface area contributed by atoms with Crippen LogP contribution in [0.2, 0.25) is 0 Å². The molecule has 2 N–H and O–H groups in total. The molecule has 0 aliphatic heterocycles. The first-order chi connectivity index (χ1) is 7.75. The fourth-order valence-electron chi connectivity index (χ4n) is 2.24. The molecule has 1 atom stereocenters. The summed E-state index contributed by atoms with van der Waals surface area (Å²) in [5, 5.41) is 0. The topological polar surface area (TPSA) is 26.0 Å². The summed E-state index contributed by atoms with van der Waals surface area (Å²) in [7, 11) is 0. The minimum absolute atomic E-state index is 0.264. The molecule has 0 radical (unpaired) electrons. The highest BCUT2D eigenvalue weighted by molar-refractivity contribution is 9.10. The van der Waals surface area contributed by atoms with Crippen molar-refractivity contribution in [1.82, 2.24) is 0 Å². The minimum Gasteiger partial charge on any atom is -0.324 e. The Balaban J connectivity index is 2.11. The van der Waals surface area contributed by atoms with Crippen LogP contribution in [0.25, 0.3) is 0 Å². The number of rotatable bonds is 2. The maximum Gasteiger partial charge on any atom is 0.0226 e. The third-order valence-electron chi connectivity index (χ3n) is 3.11. The van der Waals surface area contributed by atoms with Crippen LogP contribution in [0.3, 0.4) is 0 Å². The lowest BCUT2D eigenvalue weighted by molar-refractivity contribution is 0.654. The SMILES string of the molecule is NC1C=C(Cc2ccccc2Br)CCCC1. The van der Waals surface area contributed by atoms with Crippen molar-refractivity contribution in [3.63, 3.8) is 0 Å². The zero-order chi connectivity index (χ0) is 11.4. The lowest BCUT2D eigenvalue weighted by Crippen LogP contribution is -2.16. The number of allylic oxidation sites excluding steroid dienone is 1. The standard InChI is InChI=1S/C14H18BrN/c15-14-8-4-2-6-12(14)9-11-5-1-3-7-13(16)10-11/h2,4,6,8,10,13H,1,3,5,7,9,16H2. The smallest absolute Gasteiger partial charge is 0.0226 e. The largest absolute Gasteiger partial charge is 0.324 e. The van der Waals surface area contributed by atoms with E-state index in [-0.39, 0.29) is 6.04 Å². The van der Waals surface area contributed by atoms with Crippen molar-refractivity contribution in [2.24, 2.45) is 5.73 Å². The first-order valence-corrected chi connectivity index (χ1v) is 6.73. The van der Waals surface area contributed by atoms with Crippen LogP contribution >= 0.6 is 15.9 Å². The molecule has 86 valence electrons. The summed E-state index contributed by atoms with van der Waals surface area (Å²) in [6.45, 7) is 0. The zero-order valence-corrected chi connectivity index (χ0v) is 11.0. The van der Waals surface area contributed by atoms with Crippen molar-refractivity contribution >= 4 is 15.9 Å². The Kier molecular flexibility index (Phi) is 4.19. The second-order valence-electron chi connectivity index (χ2n) is 4.50. The fraction of sp³-hybridized carbons (Fsp3) is 0.429. The Morgan fingerprint density at radius 2 is 2.06 bits per heavy atom. The van der Waals surface area contributed by atoms with E-state index in [1.165, 1.54) is 34.9 Å². The molecule has 1 unspecified atom stereocenters. The van der Waals surface area contributed by atoms with Gasteiger partial charge in [-0.15, -0.1) is 0 Å². The van der Waals surface area contributed by atoms with E-state index in [0.717, 1.165) is 12.8 Å². The van der Waals surface area contributed by atoms with E-state index in [0.29, 0.717) is 0 Å². The van der Waals surface area contributed by atoms with Gasteiger partial charge >= 0.3 is 0 Å². The third-order valence-corrected chi connectivity index (χ3v) is 3.88. The maximum absolute atomic E-state index is 6.03. The number of hydrogen-bond donors (Lipinski definition) is 1. The van der Waals surface area contributed by atoms with Crippen molar-refractivity contribution < 1.29 is 0 Å². The molecular formula is C14H18BrN. The van der Waals surface area contributed by atoms with Gasteiger partial charge in [-0.2, -0.15) is 0 Å². The van der Waals surface area contributed by atoms with Crippen molar-refractivity contribution in [3.8, 4) is 0 Å². The number of nitrogens with two attached hydrogens (primary N) is 1. The molecule has 0 amide bonds. The fourth-order valence-corrected chi connectivity index (χ4v) is 2.66. The van der Waals surface area contributed by atoms with Crippen LogP contribution < -0.4 is 5.73 Å². The van der Waals surface area contributed by atoms with Crippen molar-refractivity contribution in [3.05, 3.63) is 46.0 Å². The highest BCUT2D eigenvalue weighted by Gasteiger charge is 2.09. The normalized spacial score (nSPS) is 21.4. The Bertz CT molecular complexity index is 384. The van der Waals surface area contributed by atoms with Gasteiger partial charge in [-0.05, 0) is 37.3 Å². The third kappa shape index (κ3) is 3.19. The van der Waals surface area contributed by atoms with Gasteiger partial charge in [-0.3, -0.25) is 0 Å². The molecule has 0 aromatic heterocycles. The van der Waals surface area contributed by atoms with Crippen LogP contribution in [-0.4, -0.2) is 6.04 Å². The number of benzene rings is 1. The Labute approximate surface area is 106 Å². The van der Waals surface area contributed by atoms with E-state index >= 15 is 0 Å². The van der Waals surface area contributed by atoms with Gasteiger partial charge < -0.3 is 5.73 Å². The molecule has 0 fully saturated rings. The van der Waals surface area contributed by atoms with Gasteiger partial charge in [0.2, 0.25) is 0 Å². The lowest BCUT2D eigenvalue weighted by Gasteiger charge is -2.08. The molecule has 1 aromatic rings. The van der Waals surface area contributed by atoms with E-state index in [1.54, 1.807) is 0 Å². The van der Waals surface area contributed by atoms with Gasteiger partial charge in [0.05, 0.1) is 0 Å². The average molecular weight is 280 g/mol. The molecule has 0 heterocycles. The summed E-state index contributed by atoms with van der Waals surface area (Å²) in [6, 6.07) is 8.70. The summed E-state index contributed by atoms with van der Waals surface area (Å²) in [5.74, 6) is 0. The maximum atomic E-state index is 6.03. The van der Waals surface area contributed by atoms with Crippen molar-refractivity contribution in [1.29, 1.82) is 0 Å². The summed E-state index contributed by atoms with van der Waals surface area (Å²) in [5.41, 5.74) is 8.89. The molecule has 0 saturated heterocycles. The van der Waals surface area contributed by atoms with Crippen LogP contribution in [0.15, 0.2) is 40.4 Å². The predicted molar refractivity (Wildman–Crippen MR) is 72.4 cm³/mol. The van der Waals surface area contributed by atoms with Crippen LogP contribution in [0.4, 0.5) is 0 Å². The number of halogens is 1. The molecule has 0 spiro atoms. The number of hydrogen-bond acceptors (Lipinski definition) is 1. The van der Waals surface area contributed by atoms with Gasteiger partial charge in [0.25, 0.3) is 0 Å². The predicted octanol–water partition coefficient (Wildman–Crippen LogP) is 3.82. The van der Waals surface area contributed by atoms with Crippen molar-refractivity contribution in [2.75, 3.05) is 0 Å². The highest BCUT2D eigenvalue weighted by atomic mass is 79.9. The van der Waals surface area contributed by atoms with Crippen molar-refractivity contribution in [2.45, 2.75) is 38.1 Å². The monoisotopic (exact) mass is 279 g/mol. The van der Waals surface area contributed by atoms with E-state index in [1.807, 2.05) is 0 Å². The summed E-state index contributed by atoms with van der Waals surface area (Å²) in [4.78, 5) is 0. The highest BCUT2D eigenvalue weighted by Crippen LogP contribution is 2.24. The van der Waals surface area contributed by atoms with Crippen LogP contribution in [0, 0.1) is 0 Å². The average Bonchev–Trinajstić information content (AvgIpc) is 2.46. The lowest BCUT2D eigenvalue weighted by atomic mass is 10.0. The Hall–Kier alpha value is -0.600. The van der Waals surface area contributed by atoms with Gasteiger partial charge in [0, 0.05) is 10.5 Å². The molecule has 1 nitrogen and oxygen atoms in total. The first kappa shape index (κ1) is 11.9. The molecule has 1 aliphatic rings. The Morgan fingerprint density at radius 3 is 2.88 bits per heavy atom. The summed E-state index contributed by atoms with van der Waals surface area (Å²) in [6.07, 6.45) is 8.19. The van der Waals surface area contributed by atoms with Crippen LogP contribution in [0.5, 0.6) is 0 Å². The van der Waals surface area contributed by atoms with E-state index in [9.17, 15) is 0 Å². The zero-order valence-electron chi connectivity index (χ0n) is 9.45. The van der Waals surface area contributed by atoms with Crippen LogP contribution in [-0.2, 0) is 6.42 Å². The molecule has 1 aromatic carbocycles. The molecule has 16 heavy (non-hydrogen) atoms. The molecule has 1 aliphatic carbocycles. The second kappa shape index (κ2) is 5.65. The Morgan fingerprint density at radius 1 is 1.25 bits per heavy atom. The molecule has 2 rings (SSSR count). The molecule has 0 bridgehead atoms. The van der Waals surface area contributed by atoms with Gasteiger partial charge in [-0.1, -0.05) is 52.2 Å². The summed E-state index contributed by atoms with van der Waals surface area (Å²) >= 11 is 3.60. The van der Waals surface area contributed by atoms with Gasteiger partial charge in [-0.25, -0.2) is 0 Å². The molecular weight excluding hydrogens is 262 g/mol. The van der Waals surface area contributed by atoms with Gasteiger partial charge in [0.15, 0.2) is 0 Å². The summed E-state index contributed by atoms with van der Waals surface area (Å²) < 4.78 is 1.20. The van der Waals surface area contributed by atoms with E-state index < -0.39 is 0 Å². The first-order valence-electron chi connectivity index (χ1n) is 5.94. The molecule has 2 heteroatoms. The minimum atomic E-state index is 0.264. The van der Waals surface area contributed by atoms with E-state index in [2.05, 4.69) is 46.3 Å². The van der Waals surface area contributed by atoms with E-state index in [4.69, 9.17) is 5.73 Å². The second-order valence-corrected chi connectivity index (χ2v) is 5.36. The molecule has 0 saturated carbocycles. The quantitative estimate of drug-likeness (QED) is 0.819. The van der Waals surface area contributed by atoms with Crippen LogP contribution in [0.1, 0.15) is 31.2 Å².